The van der Waals surface area contributed by atoms with Crippen LogP contribution in [0, 0.1) is 20.8 Å². The number of hydrogen-bond donors (Lipinski definition) is 1. The van der Waals surface area contributed by atoms with Crippen molar-refractivity contribution in [1.82, 2.24) is 9.97 Å². The number of nitrogens with zero attached hydrogens (tertiary/aromatic N) is 2. The molecule has 4 heteroatoms. The number of aryl methyl sites for hydroxylation is 3. The number of pyridine rings is 1. The first-order valence-corrected chi connectivity index (χ1v) is 6.50. The lowest BCUT2D eigenvalue weighted by Crippen LogP contribution is -2.07. The zero-order valence-electron chi connectivity index (χ0n) is 10.6. The quantitative estimate of drug-likeness (QED) is 0.900. The highest BCUT2D eigenvalue weighted by atomic mass is 32.1. The van der Waals surface area contributed by atoms with Crippen molar-refractivity contribution >= 4 is 17.0 Å². The summed E-state index contributed by atoms with van der Waals surface area (Å²) in [5, 5.41) is 4.61. The summed E-state index contributed by atoms with van der Waals surface area (Å²) in [5.41, 5.74) is 3.42. The average molecular weight is 247 g/mol. The van der Waals surface area contributed by atoms with E-state index in [0.717, 1.165) is 16.4 Å². The number of hydrogen-bond acceptors (Lipinski definition) is 4. The van der Waals surface area contributed by atoms with Crippen LogP contribution in [0.4, 0.5) is 5.69 Å². The maximum atomic E-state index is 4.46. The van der Waals surface area contributed by atoms with Gasteiger partial charge in [0.15, 0.2) is 0 Å². The van der Waals surface area contributed by atoms with Crippen LogP contribution in [-0.4, -0.2) is 9.97 Å². The maximum absolute atomic E-state index is 4.46. The number of thiazole rings is 1. The fourth-order valence-electron chi connectivity index (χ4n) is 1.86. The van der Waals surface area contributed by atoms with Gasteiger partial charge in [0, 0.05) is 11.1 Å². The number of anilines is 1. The maximum Gasteiger partial charge on any atom is 0.0900 e. The Morgan fingerprint density at radius 1 is 1.29 bits per heavy atom. The first-order valence-electron chi connectivity index (χ1n) is 5.69. The molecule has 3 nitrogen and oxygen atoms in total. The van der Waals surface area contributed by atoms with Gasteiger partial charge in [-0.1, -0.05) is 0 Å². The summed E-state index contributed by atoms with van der Waals surface area (Å²) < 4.78 is 0. The molecule has 0 bridgehead atoms. The molecule has 1 atom stereocenters. The molecule has 0 radical (unpaired) electrons. The second-order valence-electron chi connectivity index (χ2n) is 4.24. The lowest BCUT2D eigenvalue weighted by Gasteiger charge is -2.15. The Bertz CT molecular complexity index is 519. The van der Waals surface area contributed by atoms with E-state index in [-0.39, 0.29) is 6.04 Å². The molecule has 2 heterocycles. The second kappa shape index (κ2) is 4.84. The van der Waals surface area contributed by atoms with Gasteiger partial charge in [-0.2, -0.15) is 0 Å². The Morgan fingerprint density at radius 2 is 2.06 bits per heavy atom. The SMILES string of the molecule is Cc1nc(C)c(C(C)Nc2cnccc2C)s1. The molecule has 0 aliphatic rings. The zero-order chi connectivity index (χ0) is 12.4. The fourth-order valence-corrected chi connectivity index (χ4v) is 2.79. The molecule has 17 heavy (non-hydrogen) atoms. The summed E-state index contributed by atoms with van der Waals surface area (Å²) in [6.07, 6.45) is 3.68. The number of aromatic nitrogens is 2. The van der Waals surface area contributed by atoms with Gasteiger partial charge in [0.05, 0.1) is 28.6 Å². The summed E-state index contributed by atoms with van der Waals surface area (Å²) in [5.74, 6) is 0. The van der Waals surface area contributed by atoms with Gasteiger partial charge in [-0.05, 0) is 39.3 Å². The molecule has 1 unspecified atom stereocenters. The van der Waals surface area contributed by atoms with E-state index < -0.39 is 0 Å². The van der Waals surface area contributed by atoms with Crippen molar-refractivity contribution in [3.05, 3.63) is 39.6 Å². The molecule has 0 fully saturated rings. The molecule has 90 valence electrons. The van der Waals surface area contributed by atoms with Gasteiger partial charge in [0.25, 0.3) is 0 Å². The topological polar surface area (TPSA) is 37.8 Å². The van der Waals surface area contributed by atoms with Crippen molar-refractivity contribution in [2.45, 2.75) is 33.7 Å². The van der Waals surface area contributed by atoms with Crippen LogP contribution in [0.2, 0.25) is 0 Å². The third kappa shape index (κ3) is 2.64. The van der Waals surface area contributed by atoms with Gasteiger partial charge in [0.1, 0.15) is 0 Å². The largest absolute Gasteiger partial charge is 0.376 e. The minimum absolute atomic E-state index is 0.268. The minimum atomic E-state index is 0.268. The lowest BCUT2D eigenvalue weighted by atomic mass is 10.2. The van der Waals surface area contributed by atoms with Crippen LogP contribution in [-0.2, 0) is 0 Å². The van der Waals surface area contributed by atoms with Crippen LogP contribution in [0.15, 0.2) is 18.5 Å². The van der Waals surface area contributed by atoms with Crippen LogP contribution >= 0.6 is 11.3 Å². The van der Waals surface area contributed by atoms with Crippen molar-refractivity contribution in [3.63, 3.8) is 0 Å². The minimum Gasteiger partial charge on any atom is -0.376 e. The fraction of sp³-hybridized carbons (Fsp3) is 0.385. The van der Waals surface area contributed by atoms with E-state index in [1.54, 1.807) is 11.3 Å². The van der Waals surface area contributed by atoms with Crippen molar-refractivity contribution in [3.8, 4) is 0 Å². The van der Waals surface area contributed by atoms with Crippen LogP contribution in [0.25, 0.3) is 0 Å². The Balaban J connectivity index is 2.20. The Kier molecular flexibility index (Phi) is 3.43. The van der Waals surface area contributed by atoms with Crippen LogP contribution in [0.3, 0.4) is 0 Å². The molecule has 2 rings (SSSR count). The highest BCUT2D eigenvalue weighted by molar-refractivity contribution is 7.11. The van der Waals surface area contributed by atoms with E-state index in [9.17, 15) is 0 Å². The van der Waals surface area contributed by atoms with Gasteiger partial charge >= 0.3 is 0 Å². The van der Waals surface area contributed by atoms with Gasteiger partial charge in [-0.3, -0.25) is 4.98 Å². The van der Waals surface area contributed by atoms with Crippen LogP contribution < -0.4 is 5.32 Å². The van der Waals surface area contributed by atoms with Crippen molar-refractivity contribution < 1.29 is 0 Å². The normalized spacial score (nSPS) is 12.5. The van der Waals surface area contributed by atoms with E-state index in [0.29, 0.717) is 0 Å². The third-order valence-electron chi connectivity index (χ3n) is 2.74. The van der Waals surface area contributed by atoms with Crippen LogP contribution in [0.5, 0.6) is 0 Å². The Hall–Kier alpha value is -1.42. The first kappa shape index (κ1) is 12.0. The molecule has 1 N–H and O–H groups in total. The molecule has 0 spiro atoms. The highest BCUT2D eigenvalue weighted by Crippen LogP contribution is 2.28. The molecule has 0 aromatic carbocycles. The van der Waals surface area contributed by atoms with Crippen molar-refractivity contribution in [1.29, 1.82) is 0 Å². The molecule has 0 aliphatic carbocycles. The molecule has 2 aromatic heterocycles. The van der Waals surface area contributed by atoms with E-state index in [1.807, 2.05) is 25.4 Å². The van der Waals surface area contributed by atoms with E-state index in [2.05, 4.69) is 36.1 Å². The number of rotatable bonds is 3. The molecule has 0 aliphatic heterocycles. The van der Waals surface area contributed by atoms with Crippen molar-refractivity contribution in [2.24, 2.45) is 0 Å². The lowest BCUT2D eigenvalue weighted by molar-refractivity contribution is 0.885. The summed E-state index contributed by atoms with van der Waals surface area (Å²) in [4.78, 5) is 9.90. The van der Waals surface area contributed by atoms with E-state index >= 15 is 0 Å². The zero-order valence-corrected chi connectivity index (χ0v) is 11.4. The predicted octanol–water partition coefficient (Wildman–Crippen LogP) is 3.64. The molecule has 0 saturated heterocycles. The number of nitrogens with one attached hydrogen (secondary N) is 1. The van der Waals surface area contributed by atoms with Gasteiger partial charge in [0.2, 0.25) is 0 Å². The smallest absolute Gasteiger partial charge is 0.0900 e. The third-order valence-corrected chi connectivity index (χ3v) is 4.00. The Labute approximate surface area is 106 Å². The molecular weight excluding hydrogens is 230 g/mol. The molecule has 0 saturated carbocycles. The first-order chi connectivity index (χ1) is 8.08. The highest BCUT2D eigenvalue weighted by Gasteiger charge is 2.13. The second-order valence-corrected chi connectivity index (χ2v) is 5.47. The van der Waals surface area contributed by atoms with Crippen LogP contribution in [0.1, 0.15) is 34.1 Å². The average Bonchev–Trinajstić information content (AvgIpc) is 2.61. The summed E-state index contributed by atoms with van der Waals surface area (Å²) >= 11 is 1.75. The standard InChI is InChI=1S/C13H17N3S/c1-8-5-6-14-7-12(8)16-10(3)13-9(2)15-11(4)17-13/h5-7,10,16H,1-4H3. The van der Waals surface area contributed by atoms with Gasteiger partial charge in [-0.25, -0.2) is 4.98 Å². The molecule has 2 aromatic rings. The Morgan fingerprint density at radius 3 is 2.65 bits per heavy atom. The van der Waals surface area contributed by atoms with Gasteiger partial charge in [-0.15, -0.1) is 11.3 Å². The monoisotopic (exact) mass is 247 g/mol. The van der Waals surface area contributed by atoms with Gasteiger partial charge < -0.3 is 5.32 Å². The summed E-state index contributed by atoms with van der Waals surface area (Å²) in [6, 6.07) is 2.28. The summed E-state index contributed by atoms with van der Waals surface area (Å²) in [6.45, 7) is 8.35. The molecular formula is C13H17N3S. The summed E-state index contributed by atoms with van der Waals surface area (Å²) in [7, 11) is 0. The molecule has 0 amide bonds. The van der Waals surface area contributed by atoms with E-state index in [1.165, 1.54) is 10.4 Å². The van der Waals surface area contributed by atoms with E-state index in [4.69, 9.17) is 0 Å². The predicted molar refractivity (Wildman–Crippen MR) is 72.6 cm³/mol. The van der Waals surface area contributed by atoms with Crippen molar-refractivity contribution in [2.75, 3.05) is 5.32 Å².